The zero-order valence-corrected chi connectivity index (χ0v) is 9.86. The monoisotopic (exact) mass is 214 g/mol. The molecule has 1 aliphatic carbocycles. The van der Waals surface area contributed by atoms with Gasteiger partial charge in [0.1, 0.15) is 0 Å². The van der Waals surface area contributed by atoms with Gasteiger partial charge in [-0.3, -0.25) is 4.21 Å². The van der Waals surface area contributed by atoms with Crippen molar-refractivity contribution in [3.63, 3.8) is 0 Å². The SMILES string of the molecule is O=S1C2CCCCCCCCCCC21. The molecule has 2 atom stereocenters. The molecule has 1 nitrogen and oxygen atoms in total. The average molecular weight is 214 g/mol. The van der Waals surface area contributed by atoms with Gasteiger partial charge in [-0.1, -0.05) is 51.4 Å². The Morgan fingerprint density at radius 2 is 1.00 bits per heavy atom. The van der Waals surface area contributed by atoms with E-state index in [4.69, 9.17) is 0 Å². The molecule has 0 spiro atoms. The second kappa shape index (κ2) is 5.29. The molecule has 1 saturated carbocycles. The van der Waals surface area contributed by atoms with Crippen LogP contribution in [0.3, 0.4) is 0 Å². The molecule has 2 aliphatic rings. The van der Waals surface area contributed by atoms with Crippen molar-refractivity contribution in [2.75, 3.05) is 0 Å². The van der Waals surface area contributed by atoms with Crippen LogP contribution in [-0.2, 0) is 10.8 Å². The third-order valence-electron chi connectivity index (χ3n) is 3.66. The molecule has 14 heavy (non-hydrogen) atoms. The number of rotatable bonds is 0. The molecule has 0 aromatic heterocycles. The van der Waals surface area contributed by atoms with E-state index in [9.17, 15) is 4.21 Å². The lowest BCUT2D eigenvalue weighted by Crippen LogP contribution is -1.95. The van der Waals surface area contributed by atoms with Crippen LogP contribution in [0, 0.1) is 0 Å². The predicted molar refractivity (Wildman–Crippen MR) is 61.9 cm³/mol. The highest BCUT2D eigenvalue weighted by molar-refractivity contribution is 7.93. The summed E-state index contributed by atoms with van der Waals surface area (Å²) in [5.74, 6) is 0. The molecule has 0 aromatic rings. The van der Waals surface area contributed by atoms with E-state index in [-0.39, 0.29) is 0 Å². The number of hydrogen-bond donors (Lipinski definition) is 0. The van der Waals surface area contributed by atoms with Crippen molar-refractivity contribution in [1.29, 1.82) is 0 Å². The van der Waals surface area contributed by atoms with Crippen molar-refractivity contribution in [1.82, 2.24) is 0 Å². The van der Waals surface area contributed by atoms with Crippen molar-refractivity contribution in [2.45, 2.75) is 74.7 Å². The van der Waals surface area contributed by atoms with Crippen LogP contribution in [0.15, 0.2) is 0 Å². The predicted octanol–water partition coefficient (Wildman–Crippen LogP) is 3.40. The Kier molecular flexibility index (Phi) is 4.03. The van der Waals surface area contributed by atoms with Crippen LogP contribution in [0.4, 0.5) is 0 Å². The van der Waals surface area contributed by atoms with E-state index in [0.29, 0.717) is 10.5 Å². The van der Waals surface area contributed by atoms with E-state index in [1.165, 1.54) is 64.2 Å². The fourth-order valence-electron chi connectivity index (χ4n) is 2.64. The lowest BCUT2D eigenvalue weighted by molar-refractivity contribution is 0.532. The summed E-state index contributed by atoms with van der Waals surface area (Å²) in [6.07, 6.45) is 13.6. The third kappa shape index (κ3) is 2.82. The Morgan fingerprint density at radius 3 is 1.43 bits per heavy atom. The van der Waals surface area contributed by atoms with E-state index in [1.807, 2.05) is 0 Å². The van der Waals surface area contributed by atoms with Gasteiger partial charge >= 0.3 is 0 Å². The van der Waals surface area contributed by atoms with Gasteiger partial charge in [-0.2, -0.15) is 0 Å². The Hall–Kier alpha value is 0.150. The average Bonchev–Trinajstić information content (AvgIpc) is 2.76. The highest BCUT2D eigenvalue weighted by Gasteiger charge is 2.45. The van der Waals surface area contributed by atoms with Gasteiger partial charge < -0.3 is 0 Å². The molecule has 1 saturated heterocycles. The molecule has 0 aromatic carbocycles. The Balaban J connectivity index is 1.74. The van der Waals surface area contributed by atoms with Crippen LogP contribution in [0.25, 0.3) is 0 Å². The largest absolute Gasteiger partial charge is 0.259 e. The highest BCUT2D eigenvalue weighted by atomic mass is 32.2. The topological polar surface area (TPSA) is 17.1 Å². The minimum atomic E-state index is -0.423. The van der Waals surface area contributed by atoms with Crippen LogP contribution in [0.5, 0.6) is 0 Å². The van der Waals surface area contributed by atoms with Crippen molar-refractivity contribution in [3.8, 4) is 0 Å². The summed E-state index contributed by atoms with van der Waals surface area (Å²) in [7, 11) is -0.423. The minimum absolute atomic E-state index is 0.423. The van der Waals surface area contributed by atoms with Crippen molar-refractivity contribution in [3.05, 3.63) is 0 Å². The highest BCUT2D eigenvalue weighted by Crippen LogP contribution is 2.36. The van der Waals surface area contributed by atoms with Crippen LogP contribution in [-0.4, -0.2) is 14.7 Å². The molecular formula is C12H22OS. The van der Waals surface area contributed by atoms with Gasteiger partial charge in [0.05, 0.1) is 0 Å². The van der Waals surface area contributed by atoms with Gasteiger partial charge in [0, 0.05) is 21.3 Å². The molecule has 1 aliphatic heterocycles. The van der Waals surface area contributed by atoms with Gasteiger partial charge in [0.25, 0.3) is 0 Å². The molecule has 0 bridgehead atoms. The lowest BCUT2D eigenvalue weighted by Gasteiger charge is -2.04. The Bertz CT molecular complexity index is 182. The molecule has 0 N–H and O–H groups in total. The molecule has 2 unspecified atom stereocenters. The van der Waals surface area contributed by atoms with Gasteiger partial charge in [-0.15, -0.1) is 0 Å². The fraction of sp³-hybridized carbons (Fsp3) is 1.00. The molecule has 2 fully saturated rings. The van der Waals surface area contributed by atoms with E-state index in [2.05, 4.69) is 0 Å². The summed E-state index contributed by atoms with van der Waals surface area (Å²) in [5, 5.41) is 1.21. The van der Waals surface area contributed by atoms with Crippen LogP contribution in [0.2, 0.25) is 0 Å². The summed E-state index contributed by atoms with van der Waals surface area (Å²) in [5.41, 5.74) is 0. The summed E-state index contributed by atoms with van der Waals surface area (Å²) in [6, 6.07) is 0. The normalized spacial score (nSPS) is 40.4. The van der Waals surface area contributed by atoms with Crippen molar-refractivity contribution in [2.24, 2.45) is 0 Å². The first-order chi connectivity index (χ1) is 6.89. The maximum atomic E-state index is 11.5. The first-order valence-corrected chi connectivity index (χ1v) is 7.56. The maximum absolute atomic E-state index is 11.5. The second-order valence-electron chi connectivity index (χ2n) is 4.81. The zero-order valence-electron chi connectivity index (χ0n) is 9.04. The van der Waals surface area contributed by atoms with Gasteiger partial charge in [0.15, 0.2) is 0 Å². The summed E-state index contributed by atoms with van der Waals surface area (Å²) in [6.45, 7) is 0. The number of hydrogen-bond acceptors (Lipinski definition) is 1. The quantitative estimate of drug-likeness (QED) is 0.565. The standard InChI is InChI=1S/C12H22OS/c13-14-11-9-7-5-3-1-2-4-6-8-10-12(11)14/h11-12H,1-10H2. The van der Waals surface area contributed by atoms with Gasteiger partial charge in [0.2, 0.25) is 0 Å². The molecule has 1 heterocycles. The molecule has 0 radical (unpaired) electrons. The first kappa shape index (κ1) is 10.7. The first-order valence-electron chi connectivity index (χ1n) is 6.29. The Labute approximate surface area is 90.1 Å². The Morgan fingerprint density at radius 1 is 0.643 bits per heavy atom. The van der Waals surface area contributed by atoms with E-state index >= 15 is 0 Å². The number of fused-ring (bicyclic) bond motifs is 1. The summed E-state index contributed by atoms with van der Waals surface area (Å²) in [4.78, 5) is 0. The van der Waals surface area contributed by atoms with Crippen molar-refractivity contribution < 1.29 is 4.21 Å². The van der Waals surface area contributed by atoms with Crippen molar-refractivity contribution >= 4 is 10.8 Å². The van der Waals surface area contributed by atoms with Gasteiger partial charge in [-0.05, 0) is 12.8 Å². The second-order valence-corrected chi connectivity index (χ2v) is 6.68. The zero-order chi connectivity index (χ0) is 9.80. The molecule has 0 amide bonds. The van der Waals surface area contributed by atoms with E-state index in [0.717, 1.165) is 0 Å². The molecular weight excluding hydrogens is 192 g/mol. The fourth-order valence-corrected chi connectivity index (χ4v) is 4.40. The summed E-state index contributed by atoms with van der Waals surface area (Å²) < 4.78 is 11.5. The van der Waals surface area contributed by atoms with E-state index in [1.54, 1.807) is 0 Å². The third-order valence-corrected chi connectivity index (χ3v) is 5.67. The van der Waals surface area contributed by atoms with E-state index < -0.39 is 10.8 Å². The summed E-state index contributed by atoms with van der Waals surface area (Å²) >= 11 is 0. The van der Waals surface area contributed by atoms with Crippen LogP contribution in [0.1, 0.15) is 64.2 Å². The van der Waals surface area contributed by atoms with Crippen LogP contribution >= 0.6 is 0 Å². The van der Waals surface area contributed by atoms with Crippen LogP contribution < -0.4 is 0 Å². The lowest BCUT2D eigenvalue weighted by atomic mass is 10.0. The van der Waals surface area contributed by atoms with Gasteiger partial charge in [-0.25, -0.2) is 0 Å². The maximum Gasteiger partial charge on any atom is 0.0494 e. The molecule has 82 valence electrons. The minimum Gasteiger partial charge on any atom is -0.259 e. The molecule has 2 heteroatoms. The smallest absolute Gasteiger partial charge is 0.0494 e. The molecule has 2 rings (SSSR count).